The molecule has 7 nitrogen and oxygen atoms in total. The number of aromatic nitrogens is 5. The Hall–Kier alpha value is -2.54. The van der Waals surface area contributed by atoms with Crippen LogP contribution in [-0.4, -0.2) is 48.8 Å². The van der Waals surface area contributed by atoms with Gasteiger partial charge in [0.2, 0.25) is 5.95 Å². The molecule has 2 aliphatic heterocycles. The number of anilines is 1. The molecule has 0 radical (unpaired) electrons. The summed E-state index contributed by atoms with van der Waals surface area (Å²) in [6.07, 6.45) is 7.86. The molecule has 2 atom stereocenters. The summed E-state index contributed by atoms with van der Waals surface area (Å²) in [6.45, 7) is 3.26. The molecule has 0 amide bonds. The molecule has 3 aromatic heterocycles. The maximum Gasteiger partial charge on any atom is 0.225 e. The van der Waals surface area contributed by atoms with Gasteiger partial charge in [-0.3, -0.25) is 0 Å². The van der Waals surface area contributed by atoms with Gasteiger partial charge in [-0.2, -0.15) is 0 Å². The van der Waals surface area contributed by atoms with E-state index < -0.39 is 0 Å². The summed E-state index contributed by atoms with van der Waals surface area (Å²) in [6, 6.07) is 4.60. The molecule has 3 aromatic rings. The first-order chi connectivity index (χ1) is 12.7. The Morgan fingerprint density at radius 1 is 1.15 bits per heavy atom. The first-order valence-corrected chi connectivity index (χ1v) is 9.32. The minimum Gasteiger partial charge on any atom is -0.394 e. The Balaban J connectivity index is 1.49. The normalized spacial score (nSPS) is 22.3. The number of aryl methyl sites for hydroxylation is 1. The van der Waals surface area contributed by atoms with Crippen LogP contribution in [0.5, 0.6) is 0 Å². The highest BCUT2D eigenvalue weighted by atomic mass is 16.3. The molecule has 2 aliphatic rings. The fourth-order valence-corrected chi connectivity index (χ4v) is 4.18. The van der Waals surface area contributed by atoms with Crippen LogP contribution < -0.4 is 4.90 Å². The van der Waals surface area contributed by atoms with E-state index in [1.54, 1.807) is 0 Å². The van der Waals surface area contributed by atoms with Crippen molar-refractivity contribution in [3.8, 4) is 11.3 Å². The maximum absolute atomic E-state index is 9.49. The van der Waals surface area contributed by atoms with E-state index in [4.69, 9.17) is 9.97 Å². The van der Waals surface area contributed by atoms with E-state index in [1.165, 1.54) is 0 Å². The number of rotatable bonds is 3. The van der Waals surface area contributed by atoms with E-state index in [2.05, 4.69) is 26.4 Å². The van der Waals surface area contributed by atoms with Crippen molar-refractivity contribution < 1.29 is 5.11 Å². The molecular weight excluding hydrogens is 328 g/mol. The molecule has 0 aromatic carbocycles. The third kappa shape index (κ3) is 2.38. The van der Waals surface area contributed by atoms with Gasteiger partial charge < -0.3 is 14.6 Å². The fraction of sp³-hybridized carbons (Fsp3) is 0.474. The van der Waals surface area contributed by atoms with Gasteiger partial charge in [-0.25, -0.2) is 19.9 Å². The van der Waals surface area contributed by atoms with Crippen LogP contribution in [0.25, 0.3) is 22.4 Å². The smallest absolute Gasteiger partial charge is 0.225 e. The molecular formula is C19H22N6O. The van der Waals surface area contributed by atoms with Gasteiger partial charge in [-0.1, -0.05) is 0 Å². The predicted molar refractivity (Wildman–Crippen MR) is 99.0 cm³/mol. The van der Waals surface area contributed by atoms with Crippen LogP contribution in [0.3, 0.4) is 0 Å². The van der Waals surface area contributed by atoms with Crippen molar-refractivity contribution in [3.63, 3.8) is 0 Å². The Labute approximate surface area is 151 Å². The SMILES string of the molecule is C[C@H]1CCc2nc3ccc(-c4cnc(N5CCC[C@@H]5CO)nc4)nc3n21. The Morgan fingerprint density at radius 2 is 2.00 bits per heavy atom. The monoisotopic (exact) mass is 350 g/mol. The summed E-state index contributed by atoms with van der Waals surface area (Å²) in [4.78, 5) is 20.7. The van der Waals surface area contributed by atoms with Crippen molar-refractivity contribution in [2.75, 3.05) is 18.1 Å². The summed E-state index contributed by atoms with van der Waals surface area (Å²) in [5.74, 6) is 1.82. The molecule has 1 fully saturated rings. The van der Waals surface area contributed by atoms with E-state index >= 15 is 0 Å². The summed E-state index contributed by atoms with van der Waals surface area (Å²) in [5, 5.41) is 9.49. The summed E-state index contributed by atoms with van der Waals surface area (Å²) in [7, 11) is 0. The number of hydrogen-bond acceptors (Lipinski definition) is 6. The molecule has 5 rings (SSSR count). The minimum atomic E-state index is 0.131. The second-order valence-electron chi connectivity index (χ2n) is 7.27. The molecule has 0 aliphatic carbocycles. The average molecular weight is 350 g/mol. The van der Waals surface area contributed by atoms with Crippen LogP contribution in [0.2, 0.25) is 0 Å². The zero-order chi connectivity index (χ0) is 17.7. The van der Waals surface area contributed by atoms with E-state index in [0.29, 0.717) is 12.0 Å². The first-order valence-electron chi connectivity index (χ1n) is 9.32. The van der Waals surface area contributed by atoms with Gasteiger partial charge in [0.15, 0.2) is 5.65 Å². The Kier molecular flexibility index (Phi) is 3.63. The van der Waals surface area contributed by atoms with Crippen molar-refractivity contribution in [3.05, 3.63) is 30.4 Å². The van der Waals surface area contributed by atoms with Crippen molar-refractivity contribution in [1.82, 2.24) is 24.5 Å². The Morgan fingerprint density at radius 3 is 2.81 bits per heavy atom. The van der Waals surface area contributed by atoms with Crippen LogP contribution in [0.15, 0.2) is 24.5 Å². The van der Waals surface area contributed by atoms with Gasteiger partial charge in [0.05, 0.1) is 18.3 Å². The van der Waals surface area contributed by atoms with Gasteiger partial charge in [0, 0.05) is 37.0 Å². The Bertz CT molecular complexity index is 951. The van der Waals surface area contributed by atoms with Crippen LogP contribution in [0.1, 0.15) is 38.1 Å². The van der Waals surface area contributed by atoms with Crippen LogP contribution >= 0.6 is 0 Å². The molecule has 0 saturated carbocycles. The molecule has 5 heterocycles. The molecule has 7 heteroatoms. The summed E-state index contributed by atoms with van der Waals surface area (Å²) in [5.41, 5.74) is 3.67. The molecule has 0 unspecified atom stereocenters. The lowest BCUT2D eigenvalue weighted by molar-refractivity contribution is 0.265. The number of fused-ring (bicyclic) bond motifs is 3. The van der Waals surface area contributed by atoms with E-state index in [9.17, 15) is 5.11 Å². The fourth-order valence-electron chi connectivity index (χ4n) is 4.18. The van der Waals surface area contributed by atoms with Gasteiger partial charge in [0.25, 0.3) is 0 Å². The van der Waals surface area contributed by atoms with E-state index in [1.807, 2.05) is 24.5 Å². The standard InChI is InChI=1S/C19H22N6O/c1-12-4-7-17-22-16-6-5-15(23-18(16)25(12)17)13-9-20-19(21-10-13)24-8-2-3-14(24)11-26/h5-6,9-10,12,14,26H,2-4,7-8,11H2,1H3/t12-,14+/m0/s1. The minimum absolute atomic E-state index is 0.131. The second-order valence-corrected chi connectivity index (χ2v) is 7.27. The van der Waals surface area contributed by atoms with Crippen LogP contribution in [0.4, 0.5) is 5.95 Å². The highest BCUT2D eigenvalue weighted by molar-refractivity contribution is 5.76. The van der Waals surface area contributed by atoms with Gasteiger partial charge in [-0.15, -0.1) is 0 Å². The van der Waals surface area contributed by atoms with Crippen molar-refractivity contribution in [2.45, 2.75) is 44.7 Å². The third-order valence-corrected chi connectivity index (χ3v) is 5.62. The van der Waals surface area contributed by atoms with Gasteiger partial charge in [0.1, 0.15) is 11.3 Å². The highest BCUT2D eigenvalue weighted by Crippen LogP contribution is 2.31. The number of aliphatic hydroxyl groups excluding tert-OH is 1. The predicted octanol–water partition coefficient (Wildman–Crippen LogP) is 2.36. The van der Waals surface area contributed by atoms with E-state index in [0.717, 1.165) is 60.5 Å². The average Bonchev–Trinajstić information content (AvgIpc) is 3.37. The lowest BCUT2D eigenvalue weighted by Gasteiger charge is -2.22. The van der Waals surface area contributed by atoms with Crippen LogP contribution in [-0.2, 0) is 6.42 Å². The number of aliphatic hydroxyl groups is 1. The number of nitrogens with zero attached hydrogens (tertiary/aromatic N) is 6. The van der Waals surface area contributed by atoms with Crippen molar-refractivity contribution >= 4 is 17.1 Å². The molecule has 1 saturated heterocycles. The maximum atomic E-state index is 9.49. The molecule has 0 spiro atoms. The lowest BCUT2D eigenvalue weighted by atomic mass is 10.2. The zero-order valence-electron chi connectivity index (χ0n) is 14.8. The molecule has 134 valence electrons. The topological polar surface area (TPSA) is 80.0 Å². The zero-order valence-corrected chi connectivity index (χ0v) is 14.8. The number of pyridine rings is 1. The lowest BCUT2D eigenvalue weighted by Crippen LogP contribution is -2.33. The molecule has 0 bridgehead atoms. The highest BCUT2D eigenvalue weighted by Gasteiger charge is 2.26. The van der Waals surface area contributed by atoms with Gasteiger partial charge >= 0.3 is 0 Å². The number of imidazole rings is 1. The molecule has 1 N–H and O–H groups in total. The van der Waals surface area contributed by atoms with Crippen molar-refractivity contribution in [1.29, 1.82) is 0 Å². The summed E-state index contributed by atoms with van der Waals surface area (Å²) >= 11 is 0. The van der Waals surface area contributed by atoms with Gasteiger partial charge in [-0.05, 0) is 38.3 Å². The largest absolute Gasteiger partial charge is 0.394 e. The quantitative estimate of drug-likeness (QED) is 0.781. The van der Waals surface area contributed by atoms with Crippen molar-refractivity contribution in [2.24, 2.45) is 0 Å². The first kappa shape index (κ1) is 15.7. The van der Waals surface area contributed by atoms with Crippen LogP contribution in [0, 0.1) is 0 Å². The van der Waals surface area contributed by atoms with E-state index in [-0.39, 0.29) is 12.6 Å². The number of hydrogen-bond donors (Lipinski definition) is 1. The second kappa shape index (κ2) is 6.02. The molecule has 26 heavy (non-hydrogen) atoms. The summed E-state index contributed by atoms with van der Waals surface area (Å²) < 4.78 is 2.25. The third-order valence-electron chi connectivity index (χ3n) is 5.62.